The van der Waals surface area contributed by atoms with Crippen LogP contribution in [0.5, 0.6) is 0 Å². The second kappa shape index (κ2) is 3.28. The Hall–Kier alpha value is -1.03. The van der Waals surface area contributed by atoms with Gasteiger partial charge in [-0.05, 0) is 20.3 Å². The van der Waals surface area contributed by atoms with Crippen molar-refractivity contribution in [2.45, 2.75) is 45.8 Å². The zero-order valence-corrected chi connectivity index (χ0v) is 8.92. The van der Waals surface area contributed by atoms with Crippen LogP contribution in [0.4, 0.5) is 0 Å². The van der Waals surface area contributed by atoms with Gasteiger partial charge in [0.2, 0.25) is 0 Å². The molecule has 1 aliphatic rings. The Labute approximate surface area is 83.3 Å². The predicted molar refractivity (Wildman–Crippen MR) is 55.1 cm³/mol. The minimum absolute atomic E-state index is 0.0431. The van der Waals surface area contributed by atoms with Crippen LogP contribution in [0.25, 0.3) is 0 Å². The summed E-state index contributed by atoms with van der Waals surface area (Å²) in [6, 6.07) is 0.865. The van der Waals surface area contributed by atoms with E-state index in [0.717, 1.165) is 24.2 Å². The number of nitrogens with zero attached hydrogens (tertiary/aromatic N) is 1. The standard InChI is InChI=1S/C10H17N3O/c1-4-8-9-7(10(14)12-11-9)5-13(8)6(2)3/h6,8H,4-5H2,1-3H3,(H2,11,12,14). The van der Waals surface area contributed by atoms with Crippen LogP contribution in [0, 0.1) is 0 Å². The number of hydrogen-bond acceptors (Lipinski definition) is 2. The summed E-state index contributed by atoms with van der Waals surface area (Å²) in [5, 5.41) is 5.65. The van der Waals surface area contributed by atoms with Crippen LogP contribution in [0.1, 0.15) is 44.5 Å². The summed E-state index contributed by atoms with van der Waals surface area (Å²) >= 11 is 0. The van der Waals surface area contributed by atoms with Gasteiger partial charge in [0.05, 0.1) is 17.3 Å². The molecule has 1 aromatic heterocycles. The SMILES string of the molecule is CCC1c2[nH][nH]c(=O)c2CN1C(C)C. The summed E-state index contributed by atoms with van der Waals surface area (Å²) in [5.41, 5.74) is 2.05. The van der Waals surface area contributed by atoms with E-state index < -0.39 is 0 Å². The van der Waals surface area contributed by atoms with Crippen molar-refractivity contribution in [1.82, 2.24) is 15.1 Å². The lowest BCUT2D eigenvalue weighted by Gasteiger charge is -2.27. The smallest absolute Gasteiger partial charge is 0.268 e. The van der Waals surface area contributed by atoms with Crippen LogP contribution in [0.15, 0.2) is 4.79 Å². The van der Waals surface area contributed by atoms with Crippen molar-refractivity contribution in [3.8, 4) is 0 Å². The molecule has 0 bridgehead atoms. The highest BCUT2D eigenvalue weighted by atomic mass is 16.1. The van der Waals surface area contributed by atoms with Crippen molar-refractivity contribution in [3.63, 3.8) is 0 Å². The lowest BCUT2D eigenvalue weighted by molar-refractivity contribution is 0.160. The van der Waals surface area contributed by atoms with Gasteiger partial charge in [0, 0.05) is 12.6 Å². The van der Waals surface area contributed by atoms with E-state index in [1.807, 2.05) is 0 Å². The molecular weight excluding hydrogens is 178 g/mol. The van der Waals surface area contributed by atoms with Crippen molar-refractivity contribution >= 4 is 0 Å². The van der Waals surface area contributed by atoms with E-state index in [9.17, 15) is 4.79 Å². The number of hydrogen-bond donors (Lipinski definition) is 2. The molecule has 0 aromatic carbocycles. The van der Waals surface area contributed by atoms with Gasteiger partial charge in [-0.15, -0.1) is 0 Å². The molecular formula is C10H17N3O. The average molecular weight is 195 g/mol. The van der Waals surface area contributed by atoms with Crippen molar-refractivity contribution in [2.24, 2.45) is 0 Å². The van der Waals surface area contributed by atoms with Crippen LogP contribution in [-0.2, 0) is 6.54 Å². The first kappa shape index (κ1) is 9.52. The molecule has 2 heterocycles. The van der Waals surface area contributed by atoms with Crippen LogP contribution < -0.4 is 5.56 Å². The maximum atomic E-state index is 11.4. The van der Waals surface area contributed by atoms with E-state index >= 15 is 0 Å². The monoisotopic (exact) mass is 195 g/mol. The maximum absolute atomic E-state index is 11.4. The molecule has 14 heavy (non-hydrogen) atoms. The molecule has 0 spiro atoms. The first-order valence-electron chi connectivity index (χ1n) is 5.20. The summed E-state index contributed by atoms with van der Waals surface area (Å²) in [4.78, 5) is 13.8. The predicted octanol–water partition coefficient (Wildman–Crippen LogP) is 1.38. The molecule has 4 nitrogen and oxygen atoms in total. The summed E-state index contributed by atoms with van der Waals surface area (Å²) in [7, 11) is 0. The number of aromatic nitrogens is 2. The highest BCUT2D eigenvalue weighted by Crippen LogP contribution is 2.33. The Bertz CT molecular complexity index is 377. The molecule has 1 aromatic rings. The van der Waals surface area contributed by atoms with Gasteiger partial charge in [-0.1, -0.05) is 6.92 Å². The molecule has 0 aliphatic carbocycles. The molecule has 1 aliphatic heterocycles. The fourth-order valence-corrected chi connectivity index (χ4v) is 2.28. The average Bonchev–Trinajstić information content (AvgIpc) is 2.66. The number of aromatic amines is 2. The summed E-state index contributed by atoms with van der Waals surface area (Å²) < 4.78 is 0. The molecule has 1 atom stereocenters. The first-order chi connectivity index (χ1) is 6.65. The fourth-order valence-electron chi connectivity index (χ4n) is 2.28. The zero-order chi connectivity index (χ0) is 10.3. The van der Waals surface area contributed by atoms with Gasteiger partial charge in [-0.3, -0.25) is 14.8 Å². The van der Waals surface area contributed by atoms with Crippen LogP contribution in [0.3, 0.4) is 0 Å². The molecule has 2 N–H and O–H groups in total. The van der Waals surface area contributed by atoms with Gasteiger partial charge in [0.15, 0.2) is 0 Å². The normalized spacial score (nSPS) is 21.9. The number of H-pyrrole nitrogens is 2. The third-order valence-electron chi connectivity index (χ3n) is 3.03. The Kier molecular flexibility index (Phi) is 2.23. The summed E-state index contributed by atoms with van der Waals surface area (Å²) in [6.45, 7) is 7.27. The van der Waals surface area contributed by atoms with E-state index in [4.69, 9.17) is 0 Å². The molecule has 78 valence electrons. The van der Waals surface area contributed by atoms with Crippen LogP contribution in [-0.4, -0.2) is 21.1 Å². The molecule has 2 rings (SSSR count). The molecule has 0 saturated carbocycles. The first-order valence-corrected chi connectivity index (χ1v) is 5.20. The van der Waals surface area contributed by atoms with Gasteiger partial charge < -0.3 is 5.10 Å². The topological polar surface area (TPSA) is 51.9 Å². The molecule has 0 saturated heterocycles. The zero-order valence-electron chi connectivity index (χ0n) is 8.92. The van der Waals surface area contributed by atoms with Gasteiger partial charge in [0.1, 0.15) is 0 Å². The van der Waals surface area contributed by atoms with E-state index in [-0.39, 0.29) is 5.56 Å². The third kappa shape index (κ3) is 1.21. The number of fused-ring (bicyclic) bond motifs is 1. The van der Waals surface area contributed by atoms with Gasteiger partial charge in [-0.25, -0.2) is 0 Å². The Balaban J connectivity index is 2.38. The van der Waals surface area contributed by atoms with Crippen molar-refractivity contribution in [3.05, 3.63) is 21.6 Å². The Morgan fingerprint density at radius 2 is 2.21 bits per heavy atom. The maximum Gasteiger partial charge on any atom is 0.268 e. The molecule has 0 fully saturated rings. The number of nitrogens with one attached hydrogen (secondary N) is 2. The van der Waals surface area contributed by atoms with E-state index in [1.165, 1.54) is 0 Å². The highest BCUT2D eigenvalue weighted by molar-refractivity contribution is 5.25. The van der Waals surface area contributed by atoms with Crippen LogP contribution in [0.2, 0.25) is 0 Å². The molecule has 4 heteroatoms. The van der Waals surface area contributed by atoms with Crippen molar-refractivity contribution in [2.75, 3.05) is 0 Å². The van der Waals surface area contributed by atoms with Crippen LogP contribution >= 0.6 is 0 Å². The molecule has 0 radical (unpaired) electrons. The lowest BCUT2D eigenvalue weighted by atomic mass is 10.1. The highest BCUT2D eigenvalue weighted by Gasteiger charge is 2.33. The third-order valence-corrected chi connectivity index (χ3v) is 3.03. The van der Waals surface area contributed by atoms with E-state index in [2.05, 4.69) is 35.9 Å². The number of rotatable bonds is 2. The van der Waals surface area contributed by atoms with E-state index in [1.54, 1.807) is 0 Å². The van der Waals surface area contributed by atoms with Crippen molar-refractivity contribution < 1.29 is 0 Å². The fraction of sp³-hybridized carbons (Fsp3) is 0.700. The summed E-state index contributed by atoms with van der Waals surface area (Å²) in [5.74, 6) is 0. The molecule has 1 unspecified atom stereocenters. The van der Waals surface area contributed by atoms with E-state index in [0.29, 0.717) is 12.1 Å². The Morgan fingerprint density at radius 1 is 1.50 bits per heavy atom. The second-order valence-electron chi connectivity index (χ2n) is 4.16. The minimum atomic E-state index is 0.0431. The van der Waals surface area contributed by atoms with Gasteiger partial charge in [0.25, 0.3) is 5.56 Å². The van der Waals surface area contributed by atoms with Crippen molar-refractivity contribution in [1.29, 1.82) is 0 Å². The molecule has 0 amide bonds. The van der Waals surface area contributed by atoms with Gasteiger partial charge >= 0.3 is 0 Å². The summed E-state index contributed by atoms with van der Waals surface area (Å²) in [6.07, 6.45) is 1.04. The quantitative estimate of drug-likeness (QED) is 0.749. The van der Waals surface area contributed by atoms with Gasteiger partial charge in [-0.2, -0.15) is 0 Å². The largest absolute Gasteiger partial charge is 0.300 e. The second-order valence-corrected chi connectivity index (χ2v) is 4.16. The minimum Gasteiger partial charge on any atom is -0.300 e. The lowest BCUT2D eigenvalue weighted by Crippen LogP contribution is -2.30. The Morgan fingerprint density at radius 3 is 2.79 bits per heavy atom.